The van der Waals surface area contributed by atoms with Crippen molar-refractivity contribution >= 4 is 16.9 Å². The molecule has 3 aliphatic rings. The lowest BCUT2D eigenvalue weighted by Gasteiger charge is -2.38. The zero-order chi connectivity index (χ0) is 22.1. The number of nitrogens with zero attached hydrogens (tertiary/aromatic N) is 4. The summed E-state index contributed by atoms with van der Waals surface area (Å²) in [5.74, 6) is 0.685. The van der Waals surface area contributed by atoms with E-state index in [1.54, 1.807) is 12.4 Å². The average molecular weight is 438 g/mol. The Labute approximate surface area is 187 Å². The summed E-state index contributed by atoms with van der Waals surface area (Å²) in [6, 6.07) is 7.94. The Kier molecular flexibility index (Phi) is 5.89. The van der Waals surface area contributed by atoms with Crippen LogP contribution in [0.2, 0.25) is 0 Å². The number of hydrogen-bond donors (Lipinski definition) is 2. The van der Waals surface area contributed by atoms with Gasteiger partial charge in [-0.3, -0.25) is 14.6 Å². The van der Waals surface area contributed by atoms with Gasteiger partial charge < -0.3 is 14.8 Å². The Hall–Kier alpha value is -2.84. The molecule has 8 heteroatoms. The number of piperidine rings is 2. The van der Waals surface area contributed by atoms with E-state index >= 15 is 0 Å². The highest BCUT2D eigenvalue weighted by Gasteiger charge is 2.32. The molecule has 0 aliphatic carbocycles. The summed E-state index contributed by atoms with van der Waals surface area (Å²) in [6.45, 7) is 4.21. The number of para-hydroxylation sites is 2. The van der Waals surface area contributed by atoms with E-state index in [2.05, 4.69) is 9.88 Å². The normalized spacial score (nSPS) is 21.7. The first kappa shape index (κ1) is 21.0. The second-order valence-electron chi connectivity index (χ2n) is 9.18. The standard InChI is InChI=1S/C24H31N5O3/c30-23(19-7-11-26(12-8-19)17-18-5-15-28(32)16-6-18)27-13-9-20(10-14-27)29-22-4-2-1-3-21(22)25-24(29)31/h1-6,15-16,18-20,32H,7-14,17H2,(H,25,31). The van der Waals surface area contributed by atoms with Crippen molar-refractivity contribution in [3.05, 3.63) is 59.3 Å². The first-order valence-corrected chi connectivity index (χ1v) is 11.6. The van der Waals surface area contributed by atoms with Crippen LogP contribution in [-0.2, 0) is 4.79 Å². The minimum atomic E-state index is -0.0577. The maximum absolute atomic E-state index is 13.1. The molecule has 0 radical (unpaired) electrons. The monoisotopic (exact) mass is 437 g/mol. The molecule has 2 N–H and O–H groups in total. The number of hydrogen-bond acceptors (Lipinski definition) is 5. The molecule has 32 heavy (non-hydrogen) atoms. The van der Waals surface area contributed by atoms with Crippen LogP contribution in [0.1, 0.15) is 31.7 Å². The van der Waals surface area contributed by atoms with Gasteiger partial charge in [-0.1, -0.05) is 24.3 Å². The van der Waals surface area contributed by atoms with Gasteiger partial charge in [-0.25, -0.2) is 9.86 Å². The van der Waals surface area contributed by atoms with Gasteiger partial charge in [0.25, 0.3) is 0 Å². The minimum Gasteiger partial charge on any atom is -0.342 e. The van der Waals surface area contributed by atoms with Crippen LogP contribution in [0.15, 0.2) is 53.6 Å². The molecular formula is C24H31N5O3. The van der Waals surface area contributed by atoms with Crippen molar-refractivity contribution in [2.24, 2.45) is 11.8 Å². The molecule has 0 atom stereocenters. The van der Waals surface area contributed by atoms with Gasteiger partial charge in [0, 0.05) is 49.9 Å². The number of carbonyl (C=O) groups is 1. The molecule has 0 unspecified atom stereocenters. The Morgan fingerprint density at radius 1 is 1.00 bits per heavy atom. The van der Waals surface area contributed by atoms with Crippen LogP contribution in [0.5, 0.6) is 0 Å². The number of H-pyrrole nitrogens is 1. The van der Waals surface area contributed by atoms with Crippen molar-refractivity contribution in [1.29, 1.82) is 0 Å². The van der Waals surface area contributed by atoms with Crippen LogP contribution in [0, 0.1) is 11.8 Å². The summed E-state index contributed by atoms with van der Waals surface area (Å²) < 4.78 is 1.87. The van der Waals surface area contributed by atoms with Crippen LogP contribution in [0.25, 0.3) is 11.0 Å². The molecule has 3 aliphatic heterocycles. The van der Waals surface area contributed by atoms with Crippen LogP contribution in [0.3, 0.4) is 0 Å². The van der Waals surface area contributed by atoms with Crippen molar-refractivity contribution in [2.45, 2.75) is 31.7 Å². The molecule has 2 fully saturated rings. The molecule has 4 heterocycles. The third kappa shape index (κ3) is 4.25. The summed E-state index contributed by atoms with van der Waals surface area (Å²) in [5, 5.41) is 10.4. The number of hydroxylamine groups is 2. The number of likely N-dealkylation sites (tertiary alicyclic amines) is 2. The van der Waals surface area contributed by atoms with Crippen molar-refractivity contribution in [2.75, 3.05) is 32.7 Å². The maximum atomic E-state index is 13.1. The number of aromatic nitrogens is 2. The van der Waals surface area contributed by atoms with Crippen LogP contribution in [0.4, 0.5) is 0 Å². The molecule has 0 spiro atoms. The number of amides is 1. The second-order valence-corrected chi connectivity index (χ2v) is 9.18. The quantitative estimate of drug-likeness (QED) is 0.768. The highest BCUT2D eigenvalue weighted by Crippen LogP contribution is 2.28. The molecule has 0 saturated carbocycles. The van der Waals surface area contributed by atoms with Gasteiger partial charge in [0.05, 0.1) is 11.0 Å². The Morgan fingerprint density at radius 2 is 1.69 bits per heavy atom. The van der Waals surface area contributed by atoms with Crippen LogP contribution < -0.4 is 5.69 Å². The van der Waals surface area contributed by atoms with Gasteiger partial charge in [-0.2, -0.15) is 0 Å². The van der Waals surface area contributed by atoms with E-state index in [4.69, 9.17) is 0 Å². The van der Waals surface area contributed by atoms with Gasteiger partial charge >= 0.3 is 5.69 Å². The largest absolute Gasteiger partial charge is 0.342 e. The topological polar surface area (TPSA) is 84.8 Å². The Morgan fingerprint density at radius 3 is 2.41 bits per heavy atom. The summed E-state index contributed by atoms with van der Waals surface area (Å²) in [5.41, 5.74) is 1.76. The predicted molar refractivity (Wildman–Crippen MR) is 122 cm³/mol. The molecule has 1 amide bonds. The molecule has 170 valence electrons. The number of aromatic amines is 1. The molecule has 2 aromatic rings. The third-order valence-electron chi connectivity index (χ3n) is 7.14. The van der Waals surface area contributed by atoms with Gasteiger partial charge in [0.2, 0.25) is 5.91 Å². The highest BCUT2D eigenvalue weighted by atomic mass is 16.5. The second kappa shape index (κ2) is 8.96. The van der Waals surface area contributed by atoms with Gasteiger partial charge in [0.1, 0.15) is 0 Å². The fourth-order valence-electron chi connectivity index (χ4n) is 5.33. The predicted octanol–water partition coefficient (Wildman–Crippen LogP) is 2.55. The molecule has 0 bridgehead atoms. The number of nitrogens with one attached hydrogen (secondary N) is 1. The summed E-state index contributed by atoms with van der Waals surface area (Å²) in [4.78, 5) is 33.0. The zero-order valence-corrected chi connectivity index (χ0v) is 18.3. The summed E-state index contributed by atoms with van der Waals surface area (Å²) in [7, 11) is 0. The van der Waals surface area contributed by atoms with E-state index in [9.17, 15) is 14.8 Å². The van der Waals surface area contributed by atoms with Crippen molar-refractivity contribution in [3.63, 3.8) is 0 Å². The van der Waals surface area contributed by atoms with Crippen molar-refractivity contribution < 1.29 is 10.0 Å². The van der Waals surface area contributed by atoms with E-state index in [-0.39, 0.29) is 23.6 Å². The average Bonchev–Trinajstić information content (AvgIpc) is 3.16. The number of imidazole rings is 1. The summed E-state index contributed by atoms with van der Waals surface area (Å²) in [6.07, 6.45) is 10.8. The molecule has 1 aromatic carbocycles. The fourth-order valence-corrected chi connectivity index (χ4v) is 5.33. The number of rotatable bonds is 4. The van der Waals surface area contributed by atoms with E-state index in [1.807, 2.05) is 45.9 Å². The first-order valence-electron chi connectivity index (χ1n) is 11.6. The molecular weight excluding hydrogens is 406 g/mol. The van der Waals surface area contributed by atoms with Gasteiger partial charge in [-0.15, -0.1) is 0 Å². The molecule has 5 rings (SSSR count). The third-order valence-corrected chi connectivity index (χ3v) is 7.14. The lowest BCUT2D eigenvalue weighted by molar-refractivity contribution is -0.138. The lowest BCUT2D eigenvalue weighted by Crippen LogP contribution is -2.46. The van der Waals surface area contributed by atoms with E-state index in [1.165, 1.54) is 0 Å². The van der Waals surface area contributed by atoms with Crippen LogP contribution >= 0.6 is 0 Å². The van der Waals surface area contributed by atoms with E-state index in [0.717, 1.165) is 61.4 Å². The number of fused-ring (bicyclic) bond motifs is 1. The van der Waals surface area contributed by atoms with E-state index in [0.29, 0.717) is 19.0 Å². The zero-order valence-electron chi connectivity index (χ0n) is 18.3. The molecule has 8 nitrogen and oxygen atoms in total. The maximum Gasteiger partial charge on any atom is 0.326 e. The molecule has 1 aromatic heterocycles. The smallest absolute Gasteiger partial charge is 0.326 e. The summed E-state index contributed by atoms with van der Waals surface area (Å²) >= 11 is 0. The van der Waals surface area contributed by atoms with Gasteiger partial charge in [0.15, 0.2) is 0 Å². The Bertz CT molecular complexity index is 1060. The number of benzene rings is 1. The minimum absolute atomic E-state index is 0.0577. The highest BCUT2D eigenvalue weighted by molar-refractivity contribution is 5.79. The fraction of sp³-hybridized carbons (Fsp3) is 0.500. The number of carbonyl (C=O) groups excluding carboxylic acids is 1. The van der Waals surface area contributed by atoms with E-state index < -0.39 is 0 Å². The SMILES string of the molecule is O=C(C1CCN(CC2C=CN(O)C=C2)CC1)N1CCC(n2c(=O)[nH]c3ccccc32)CC1. The van der Waals surface area contributed by atoms with Crippen LogP contribution in [-0.4, -0.2) is 68.3 Å². The Balaban J connectivity index is 1.13. The van der Waals surface area contributed by atoms with Gasteiger partial charge in [-0.05, 0) is 50.9 Å². The lowest BCUT2D eigenvalue weighted by atomic mass is 9.93. The first-order chi connectivity index (χ1) is 15.6. The van der Waals surface area contributed by atoms with Crippen molar-refractivity contribution in [3.8, 4) is 0 Å². The van der Waals surface area contributed by atoms with Crippen molar-refractivity contribution in [1.82, 2.24) is 24.4 Å². The molecule has 2 saturated heterocycles.